The van der Waals surface area contributed by atoms with Crippen molar-refractivity contribution in [2.45, 2.75) is 122 Å². The second-order valence-electron chi connectivity index (χ2n) is 11.8. The van der Waals surface area contributed by atoms with Crippen LogP contribution in [0.25, 0.3) is 0 Å². The summed E-state index contributed by atoms with van der Waals surface area (Å²) in [5.74, 6) is 5.49. The van der Waals surface area contributed by atoms with Crippen molar-refractivity contribution < 1.29 is 4.39 Å². The zero-order valence-electron chi connectivity index (χ0n) is 20.9. The van der Waals surface area contributed by atoms with Crippen molar-refractivity contribution in [1.82, 2.24) is 0 Å². The predicted octanol–water partition coefficient (Wildman–Crippen LogP) is 9.67. The molecule has 4 rings (SSSR count). The topological polar surface area (TPSA) is 0 Å². The van der Waals surface area contributed by atoms with Crippen LogP contribution in [0.1, 0.15) is 127 Å². The molecular weight excluding hydrogens is 391 g/mol. The highest BCUT2D eigenvalue weighted by Crippen LogP contribution is 2.44. The molecule has 0 heterocycles. The van der Waals surface area contributed by atoms with E-state index in [-0.39, 0.29) is 6.67 Å². The Morgan fingerprint density at radius 1 is 0.625 bits per heavy atom. The number of halogens is 1. The number of alkyl halides is 1. The molecular formula is C31H49F. The molecule has 3 aliphatic rings. The van der Waals surface area contributed by atoms with Gasteiger partial charge in [0.05, 0.1) is 6.67 Å². The van der Waals surface area contributed by atoms with E-state index in [1.807, 2.05) is 0 Å². The molecule has 0 amide bonds. The Morgan fingerprint density at radius 2 is 1.09 bits per heavy atom. The van der Waals surface area contributed by atoms with Crippen LogP contribution in [0.15, 0.2) is 24.3 Å². The van der Waals surface area contributed by atoms with E-state index in [1.54, 1.807) is 5.56 Å². The summed E-state index contributed by atoms with van der Waals surface area (Å²) in [6.45, 7) is 2.16. The van der Waals surface area contributed by atoms with E-state index < -0.39 is 0 Å². The van der Waals surface area contributed by atoms with Crippen molar-refractivity contribution in [3.8, 4) is 0 Å². The monoisotopic (exact) mass is 440 g/mol. The number of rotatable bonds is 9. The summed E-state index contributed by atoms with van der Waals surface area (Å²) in [7, 11) is 0. The van der Waals surface area contributed by atoms with E-state index in [9.17, 15) is 4.39 Å². The molecule has 1 aromatic rings. The molecule has 1 aromatic carbocycles. The standard InChI is InChI=1S/C31H49F/c1-2-3-24-6-14-28(15-7-24)29-16-8-25(9-17-29)4-5-26-10-18-30(19-11-26)31-20-12-27(13-21-31)22-23-32/h6-7,14-15,25-27,29-31H,2-5,8-13,16-23H2,1H3. The fourth-order valence-electron chi connectivity index (χ4n) is 7.55. The predicted molar refractivity (Wildman–Crippen MR) is 136 cm³/mol. The molecule has 0 aliphatic heterocycles. The van der Waals surface area contributed by atoms with Crippen LogP contribution in [0.4, 0.5) is 4.39 Å². The summed E-state index contributed by atoms with van der Waals surface area (Å²) in [6, 6.07) is 9.58. The lowest BCUT2D eigenvalue weighted by atomic mass is 9.68. The van der Waals surface area contributed by atoms with E-state index in [1.165, 1.54) is 108 Å². The molecule has 3 fully saturated rings. The van der Waals surface area contributed by atoms with Crippen molar-refractivity contribution in [3.05, 3.63) is 35.4 Å². The molecule has 3 saturated carbocycles. The lowest BCUT2D eigenvalue weighted by Crippen LogP contribution is -2.26. The molecule has 32 heavy (non-hydrogen) atoms. The highest BCUT2D eigenvalue weighted by atomic mass is 19.1. The van der Waals surface area contributed by atoms with Gasteiger partial charge < -0.3 is 0 Å². The van der Waals surface area contributed by atoms with Crippen molar-refractivity contribution in [2.24, 2.45) is 29.6 Å². The summed E-state index contributed by atoms with van der Waals surface area (Å²) in [6.07, 6.45) is 23.4. The molecule has 0 spiro atoms. The van der Waals surface area contributed by atoms with Gasteiger partial charge in [0.15, 0.2) is 0 Å². The molecule has 0 saturated heterocycles. The summed E-state index contributed by atoms with van der Waals surface area (Å²) in [4.78, 5) is 0. The lowest BCUT2D eigenvalue weighted by molar-refractivity contribution is 0.135. The van der Waals surface area contributed by atoms with Crippen LogP contribution in [-0.2, 0) is 6.42 Å². The second kappa shape index (κ2) is 12.6. The largest absolute Gasteiger partial charge is 0.251 e. The molecule has 0 unspecified atom stereocenters. The maximum atomic E-state index is 12.6. The van der Waals surface area contributed by atoms with Crippen LogP contribution < -0.4 is 0 Å². The third-order valence-electron chi connectivity index (χ3n) is 9.79. The molecule has 0 bridgehead atoms. The van der Waals surface area contributed by atoms with Gasteiger partial charge in [0.25, 0.3) is 0 Å². The summed E-state index contributed by atoms with van der Waals surface area (Å²) >= 11 is 0. The third-order valence-corrected chi connectivity index (χ3v) is 9.79. The quantitative estimate of drug-likeness (QED) is 0.358. The average Bonchev–Trinajstić information content (AvgIpc) is 2.85. The van der Waals surface area contributed by atoms with Gasteiger partial charge in [-0.15, -0.1) is 0 Å². The van der Waals surface area contributed by atoms with Gasteiger partial charge in [0.2, 0.25) is 0 Å². The minimum atomic E-state index is -0.103. The maximum absolute atomic E-state index is 12.6. The molecule has 1 heteroatoms. The van der Waals surface area contributed by atoms with Crippen LogP contribution in [0.3, 0.4) is 0 Å². The Hall–Kier alpha value is -0.850. The van der Waals surface area contributed by atoms with Crippen molar-refractivity contribution in [1.29, 1.82) is 0 Å². The minimum Gasteiger partial charge on any atom is -0.251 e. The third kappa shape index (κ3) is 6.83. The maximum Gasteiger partial charge on any atom is 0.0897 e. The number of aryl methyl sites for hydroxylation is 1. The zero-order valence-corrected chi connectivity index (χ0v) is 20.9. The fraction of sp³-hybridized carbons (Fsp3) is 0.806. The van der Waals surface area contributed by atoms with Gasteiger partial charge in [-0.3, -0.25) is 4.39 Å². The summed E-state index contributed by atoms with van der Waals surface area (Å²) < 4.78 is 12.6. The Bertz CT molecular complexity index is 625. The molecule has 0 aromatic heterocycles. The first-order valence-electron chi connectivity index (χ1n) is 14.4. The average molecular weight is 441 g/mol. The highest BCUT2D eigenvalue weighted by Gasteiger charge is 2.31. The van der Waals surface area contributed by atoms with Crippen molar-refractivity contribution in [2.75, 3.05) is 6.67 Å². The molecule has 0 radical (unpaired) electrons. The Labute approximate surface area is 198 Å². The summed E-state index contributed by atoms with van der Waals surface area (Å²) in [5, 5.41) is 0. The van der Waals surface area contributed by atoms with Crippen LogP contribution in [-0.4, -0.2) is 6.67 Å². The smallest absolute Gasteiger partial charge is 0.0897 e. The van der Waals surface area contributed by atoms with E-state index >= 15 is 0 Å². The van der Waals surface area contributed by atoms with Crippen LogP contribution in [0, 0.1) is 29.6 Å². The van der Waals surface area contributed by atoms with Gasteiger partial charge in [0.1, 0.15) is 0 Å². The lowest BCUT2D eigenvalue weighted by Gasteiger charge is -2.38. The Balaban J connectivity index is 1.11. The SMILES string of the molecule is CCCc1ccc(C2CCC(CCC3CCC(C4CCC(CCF)CC4)CC3)CC2)cc1. The van der Waals surface area contributed by atoms with Crippen LogP contribution in [0.2, 0.25) is 0 Å². The van der Waals surface area contributed by atoms with Crippen molar-refractivity contribution >= 4 is 0 Å². The number of hydrogen-bond acceptors (Lipinski definition) is 0. The molecule has 0 N–H and O–H groups in total. The minimum absolute atomic E-state index is 0.103. The van der Waals surface area contributed by atoms with Crippen molar-refractivity contribution in [3.63, 3.8) is 0 Å². The number of benzene rings is 1. The first-order valence-corrected chi connectivity index (χ1v) is 14.4. The molecule has 180 valence electrons. The summed E-state index contributed by atoms with van der Waals surface area (Å²) in [5.41, 5.74) is 3.10. The Kier molecular flexibility index (Phi) is 9.54. The normalized spacial score (nSPS) is 33.8. The second-order valence-corrected chi connectivity index (χ2v) is 11.8. The van der Waals surface area contributed by atoms with Gasteiger partial charge in [-0.1, -0.05) is 76.1 Å². The van der Waals surface area contributed by atoms with E-state index in [0.717, 1.165) is 36.0 Å². The van der Waals surface area contributed by atoms with E-state index in [2.05, 4.69) is 31.2 Å². The molecule has 0 atom stereocenters. The zero-order chi connectivity index (χ0) is 22.2. The molecule has 0 nitrogen and oxygen atoms in total. The number of hydrogen-bond donors (Lipinski definition) is 0. The Morgan fingerprint density at radius 3 is 1.56 bits per heavy atom. The first-order chi connectivity index (χ1) is 15.7. The van der Waals surface area contributed by atoms with Crippen LogP contribution in [0.5, 0.6) is 0 Å². The highest BCUT2D eigenvalue weighted by molar-refractivity contribution is 5.25. The van der Waals surface area contributed by atoms with Gasteiger partial charge in [-0.2, -0.15) is 0 Å². The van der Waals surface area contributed by atoms with Gasteiger partial charge >= 0.3 is 0 Å². The fourth-order valence-corrected chi connectivity index (χ4v) is 7.55. The van der Waals surface area contributed by atoms with Gasteiger partial charge in [-0.05, 0) is 111 Å². The van der Waals surface area contributed by atoms with Crippen LogP contribution >= 0.6 is 0 Å². The first kappa shape index (κ1) is 24.3. The van der Waals surface area contributed by atoms with E-state index in [4.69, 9.17) is 0 Å². The van der Waals surface area contributed by atoms with E-state index in [0.29, 0.717) is 5.92 Å². The molecule has 3 aliphatic carbocycles. The van der Waals surface area contributed by atoms with Gasteiger partial charge in [0, 0.05) is 0 Å². The van der Waals surface area contributed by atoms with Gasteiger partial charge in [-0.25, -0.2) is 0 Å².